The molecule has 3 heteroatoms. The molecule has 0 saturated heterocycles. The van der Waals surface area contributed by atoms with Gasteiger partial charge in [-0.3, -0.25) is 4.79 Å². The van der Waals surface area contributed by atoms with Gasteiger partial charge in [-0.2, -0.15) is 5.26 Å². The molecular weight excluding hydrogens is 290 g/mol. The second-order valence-electron chi connectivity index (χ2n) is 5.00. The molecule has 1 aliphatic carbocycles. The first-order chi connectivity index (χ1) is 8.74. The van der Waals surface area contributed by atoms with Crippen molar-refractivity contribution < 1.29 is 4.79 Å². The minimum Gasteiger partial charge on any atom is -0.299 e. The number of allylic oxidation sites excluding steroid dienone is 2. The van der Waals surface area contributed by atoms with Crippen LogP contribution >= 0.6 is 15.9 Å². The van der Waals surface area contributed by atoms with Gasteiger partial charge < -0.3 is 0 Å². The highest BCUT2D eigenvalue weighted by atomic mass is 79.9. The summed E-state index contributed by atoms with van der Waals surface area (Å²) in [6, 6.07) is 2.14. The minimum atomic E-state index is 0.338. The van der Waals surface area contributed by atoms with Crippen LogP contribution in [-0.2, 0) is 4.79 Å². The number of nitrogens with zero attached hydrogens (tertiary/aromatic N) is 1. The van der Waals surface area contributed by atoms with Crippen LogP contribution in [0, 0.1) is 17.2 Å². The number of unbranched alkanes of at least 4 members (excludes halogenated alkanes) is 1. The van der Waals surface area contributed by atoms with E-state index in [0.717, 1.165) is 36.6 Å². The largest absolute Gasteiger partial charge is 0.299 e. The molecule has 0 atom stereocenters. The predicted molar refractivity (Wildman–Crippen MR) is 77.3 cm³/mol. The van der Waals surface area contributed by atoms with Crippen LogP contribution in [0.4, 0.5) is 0 Å². The van der Waals surface area contributed by atoms with E-state index >= 15 is 0 Å². The summed E-state index contributed by atoms with van der Waals surface area (Å²) in [6.07, 6.45) is 12.0. The lowest BCUT2D eigenvalue weighted by Crippen LogP contribution is -2.17. The molecule has 0 aromatic heterocycles. The van der Waals surface area contributed by atoms with Gasteiger partial charge in [0.15, 0.2) is 0 Å². The fraction of sp³-hybridized carbons (Fsp3) is 0.733. The Morgan fingerprint density at radius 2 is 2.00 bits per heavy atom. The molecule has 0 radical (unpaired) electrons. The number of hydrogen-bond donors (Lipinski definition) is 0. The Bertz CT molecular complexity index is 324. The third-order valence-electron chi connectivity index (χ3n) is 3.52. The van der Waals surface area contributed by atoms with Gasteiger partial charge in [0.1, 0.15) is 5.78 Å². The maximum Gasteiger partial charge on any atom is 0.136 e. The van der Waals surface area contributed by atoms with Gasteiger partial charge in [0.05, 0.1) is 6.07 Å². The number of nitriles is 1. The number of carbonyl (C=O) groups excluding carboxylic acids is 1. The Morgan fingerprint density at radius 1 is 1.28 bits per heavy atom. The molecule has 0 heterocycles. The number of hydrogen-bond acceptors (Lipinski definition) is 2. The standard InChI is InChI=1S/C15H22BrNO/c16-14(9-4-5-12-17)10-6-11-15(18)13-7-2-1-3-8-13/h10,13H,1-9,11H2/b14-10-. The topological polar surface area (TPSA) is 40.9 Å². The van der Waals surface area contributed by atoms with Gasteiger partial charge in [-0.15, -0.1) is 0 Å². The minimum absolute atomic E-state index is 0.338. The smallest absolute Gasteiger partial charge is 0.136 e. The molecule has 0 amide bonds. The van der Waals surface area contributed by atoms with Crippen molar-refractivity contribution in [3.63, 3.8) is 0 Å². The molecule has 2 nitrogen and oxygen atoms in total. The van der Waals surface area contributed by atoms with Gasteiger partial charge in [0.25, 0.3) is 0 Å². The molecule has 100 valence electrons. The van der Waals surface area contributed by atoms with Gasteiger partial charge in [-0.1, -0.05) is 41.3 Å². The highest BCUT2D eigenvalue weighted by Gasteiger charge is 2.19. The van der Waals surface area contributed by atoms with Crippen molar-refractivity contribution in [3.05, 3.63) is 10.6 Å². The molecule has 18 heavy (non-hydrogen) atoms. The van der Waals surface area contributed by atoms with E-state index in [2.05, 4.69) is 28.1 Å². The van der Waals surface area contributed by atoms with Crippen LogP contribution in [0.15, 0.2) is 10.6 Å². The number of rotatable bonds is 7. The molecule has 1 rings (SSSR count). The summed E-state index contributed by atoms with van der Waals surface area (Å²) in [4.78, 5) is 12.0. The second kappa shape index (κ2) is 9.33. The summed E-state index contributed by atoms with van der Waals surface area (Å²) in [5, 5.41) is 8.44. The lowest BCUT2D eigenvalue weighted by Gasteiger charge is -2.19. The van der Waals surface area contributed by atoms with Gasteiger partial charge >= 0.3 is 0 Å². The van der Waals surface area contributed by atoms with Crippen LogP contribution in [0.1, 0.15) is 64.2 Å². The maximum atomic E-state index is 12.0. The molecule has 0 bridgehead atoms. The maximum absolute atomic E-state index is 12.0. The monoisotopic (exact) mass is 311 g/mol. The molecule has 0 aromatic rings. The van der Waals surface area contributed by atoms with Crippen molar-refractivity contribution in [1.29, 1.82) is 5.26 Å². The normalized spacial score (nSPS) is 17.4. The summed E-state index contributed by atoms with van der Waals surface area (Å²) >= 11 is 3.49. The van der Waals surface area contributed by atoms with Crippen LogP contribution in [-0.4, -0.2) is 5.78 Å². The van der Waals surface area contributed by atoms with Gasteiger partial charge in [-0.05, 0) is 36.6 Å². The zero-order valence-electron chi connectivity index (χ0n) is 11.0. The number of Topliss-reactive ketones (excluding diaryl/α,β-unsaturated/α-hetero) is 1. The van der Waals surface area contributed by atoms with Crippen molar-refractivity contribution in [1.82, 2.24) is 0 Å². The van der Waals surface area contributed by atoms with Crippen molar-refractivity contribution in [2.24, 2.45) is 5.92 Å². The average molecular weight is 312 g/mol. The molecule has 0 aliphatic heterocycles. The summed E-state index contributed by atoms with van der Waals surface area (Å²) in [7, 11) is 0. The van der Waals surface area contributed by atoms with Gasteiger partial charge in [0.2, 0.25) is 0 Å². The second-order valence-corrected chi connectivity index (χ2v) is 6.02. The van der Waals surface area contributed by atoms with Crippen LogP contribution in [0.5, 0.6) is 0 Å². The summed E-state index contributed by atoms with van der Waals surface area (Å²) < 4.78 is 1.13. The Labute approximate surface area is 119 Å². The van der Waals surface area contributed by atoms with E-state index in [0.29, 0.717) is 24.5 Å². The van der Waals surface area contributed by atoms with Crippen molar-refractivity contribution >= 4 is 21.7 Å². The molecule has 1 fully saturated rings. The molecule has 1 saturated carbocycles. The highest BCUT2D eigenvalue weighted by Crippen LogP contribution is 2.26. The molecular formula is C15H22BrNO. The Kier molecular flexibility index (Phi) is 8.00. The van der Waals surface area contributed by atoms with E-state index in [1.165, 1.54) is 19.3 Å². The van der Waals surface area contributed by atoms with Crippen molar-refractivity contribution in [3.8, 4) is 6.07 Å². The third-order valence-corrected chi connectivity index (χ3v) is 4.24. The summed E-state index contributed by atoms with van der Waals surface area (Å²) in [6.45, 7) is 0. The third kappa shape index (κ3) is 6.35. The average Bonchev–Trinajstić information content (AvgIpc) is 2.40. The molecule has 0 unspecified atom stereocenters. The number of halogens is 1. The predicted octanol–water partition coefficient (Wildman–Crippen LogP) is 4.89. The Balaban J connectivity index is 2.17. The fourth-order valence-corrected chi connectivity index (χ4v) is 2.95. The zero-order chi connectivity index (χ0) is 13.2. The van der Waals surface area contributed by atoms with Crippen molar-refractivity contribution in [2.75, 3.05) is 0 Å². The lowest BCUT2D eigenvalue weighted by atomic mass is 9.85. The van der Waals surface area contributed by atoms with Crippen LogP contribution in [0.2, 0.25) is 0 Å². The van der Waals surface area contributed by atoms with E-state index < -0.39 is 0 Å². The van der Waals surface area contributed by atoms with Crippen LogP contribution in [0.3, 0.4) is 0 Å². The lowest BCUT2D eigenvalue weighted by molar-refractivity contribution is -0.123. The van der Waals surface area contributed by atoms with Gasteiger partial charge in [0, 0.05) is 18.8 Å². The van der Waals surface area contributed by atoms with E-state index in [-0.39, 0.29) is 0 Å². The SMILES string of the molecule is N#CCCC/C(Br)=C/CCC(=O)C1CCCCC1. The van der Waals surface area contributed by atoms with E-state index in [4.69, 9.17) is 5.26 Å². The first kappa shape index (κ1) is 15.4. The first-order valence-electron chi connectivity index (χ1n) is 6.98. The van der Waals surface area contributed by atoms with E-state index in [1.54, 1.807) is 0 Å². The van der Waals surface area contributed by atoms with E-state index in [1.807, 2.05) is 0 Å². The fourth-order valence-electron chi connectivity index (χ4n) is 2.44. The van der Waals surface area contributed by atoms with Crippen LogP contribution in [0.25, 0.3) is 0 Å². The molecule has 0 N–H and O–H groups in total. The Hall–Kier alpha value is -0.620. The van der Waals surface area contributed by atoms with E-state index in [9.17, 15) is 4.79 Å². The van der Waals surface area contributed by atoms with Gasteiger partial charge in [-0.25, -0.2) is 0 Å². The number of carbonyl (C=O) groups is 1. The quantitative estimate of drug-likeness (QED) is 0.628. The zero-order valence-corrected chi connectivity index (χ0v) is 12.5. The van der Waals surface area contributed by atoms with Crippen LogP contribution < -0.4 is 0 Å². The summed E-state index contributed by atoms with van der Waals surface area (Å²) in [5.74, 6) is 0.785. The summed E-state index contributed by atoms with van der Waals surface area (Å²) in [5.41, 5.74) is 0. The first-order valence-corrected chi connectivity index (χ1v) is 7.77. The van der Waals surface area contributed by atoms with Crippen molar-refractivity contribution in [2.45, 2.75) is 64.2 Å². The number of ketones is 1. The molecule has 1 aliphatic rings. The highest BCUT2D eigenvalue weighted by molar-refractivity contribution is 9.11. The Morgan fingerprint density at radius 3 is 2.67 bits per heavy atom. The molecule has 0 aromatic carbocycles. The molecule has 0 spiro atoms.